The van der Waals surface area contributed by atoms with Gasteiger partial charge in [-0.25, -0.2) is 4.39 Å². The maximum atomic E-state index is 13.3. The van der Waals surface area contributed by atoms with Crippen LogP contribution in [0.3, 0.4) is 0 Å². The molecule has 0 aromatic heterocycles. The van der Waals surface area contributed by atoms with Crippen LogP contribution in [-0.2, 0) is 6.54 Å². The van der Waals surface area contributed by atoms with Crippen LogP contribution in [0.4, 0.5) is 4.39 Å². The molecule has 3 atom stereocenters. The number of likely N-dealkylation sites (tertiary alicyclic amines) is 1. The largest absolute Gasteiger partial charge is 0.454 e. The van der Waals surface area contributed by atoms with Gasteiger partial charge in [0.1, 0.15) is 5.82 Å². The minimum atomic E-state index is -0.599. The first-order valence-corrected chi connectivity index (χ1v) is 10.2. The number of rotatable bonds is 3. The molecule has 2 fully saturated rings. The number of fused-ring (bicyclic) bond motifs is 2. The average Bonchev–Trinajstić information content (AvgIpc) is 3.17. The molecule has 2 aliphatic heterocycles. The van der Waals surface area contributed by atoms with E-state index < -0.39 is 5.60 Å². The third kappa shape index (κ3) is 3.16. The molecule has 1 aliphatic carbocycles. The van der Waals surface area contributed by atoms with E-state index in [-0.39, 0.29) is 24.6 Å². The van der Waals surface area contributed by atoms with Gasteiger partial charge >= 0.3 is 0 Å². The minimum absolute atomic E-state index is 0.110. The zero-order valence-corrected chi connectivity index (χ0v) is 15.9. The van der Waals surface area contributed by atoms with Crippen molar-refractivity contribution in [3.05, 3.63) is 59.4 Å². The first-order valence-electron chi connectivity index (χ1n) is 10.2. The van der Waals surface area contributed by atoms with Gasteiger partial charge in [0.2, 0.25) is 6.79 Å². The second-order valence-corrected chi connectivity index (χ2v) is 8.36. The quantitative estimate of drug-likeness (QED) is 0.852. The first kappa shape index (κ1) is 18.0. The van der Waals surface area contributed by atoms with Crippen LogP contribution in [0.2, 0.25) is 0 Å². The van der Waals surface area contributed by atoms with Gasteiger partial charge in [0.15, 0.2) is 11.5 Å². The lowest BCUT2D eigenvalue weighted by atomic mass is 9.66. The highest BCUT2D eigenvalue weighted by Gasteiger charge is 2.49. The predicted molar refractivity (Wildman–Crippen MR) is 104 cm³/mol. The van der Waals surface area contributed by atoms with E-state index in [4.69, 9.17) is 9.47 Å². The Morgan fingerprint density at radius 2 is 1.86 bits per heavy atom. The van der Waals surface area contributed by atoms with E-state index in [1.165, 1.54) is 12.1 Å². The van der Waals surface area contributed by atoms with Crippen molar-refractivity contribution in [1.82, 2.24) is 4.90 Å². The van der Waals surface area contributed by atoms with Crippen LogP contribution in [0.1, 0.15) is 49.3 Å². The number of benzene rings is 2. The molecule has 28 heavy (non-hydrogen) atoms. The van der Waals surface area contributed by atoms with Crippen LogP contribution in [0.15, 0.2) is 42.5 Å². The Kier molecular flexibility index (Phi) is 4.52. The van der Waals surface area contributed by atoms with Crippen molar-refractivity contribution in [2.45, 2.75) is 50.3 Å². The van der Waals surface area contributed by atoms with Crippen molar-refractivity contribution in [3.63, 3.8) is 0 Å². The third-order valence-corrected chi connectivity index (χ3v) is 6.71. The second-order valence-electron chi connectivity index (χ2n) is 8.36. The van der Waals surface area contributed by atoms with Crippen LogP contribution in [0.25, 0.3) is 0 Å². The zero-order valence-electron chi connectivity index (χ0n) is 15.9. The summed E-state index contributed by atoms with van der Waals surface area (Å²) in [6, 6.07) is 13.0. The molecule has 2 aromatic rings. The number of hydrogen-bond donors (Lipinski definition) is 1. The number of halogens is 1. The molecule has 2 heterocycles. The van der Waals surface area contributed by atoms with Gasteiger partial charge in [0.05, 0.1) is 5.60 Å². The molecular weight excluding hydrogens is 357 g/mol. The van der Waals surface area contributed by atoms with Crippen LogP contribution in [0.5, 0.6) is 11.5 Å². The van der Waals surface area contributed by atoms with Crippen molar-refractivity contribution in [2.75, 3.05) is 13.3 Å². The second kappa shape index (κ2) is 7.05. The van der Waals surface area contributed by atoms with Gasteiger partial charge < -0.3 is 14.6 Å². The zero-order chi connectivity index (χ0) is 19.1. The van der Waals surface area contributed by atoms with Gasteiger partial charge in [-0.3, -0.25) is 4.90 Å². The first-order chi connectivity index (χ1) is 13.6. The normalized spacial score (nSPS) is 29.5. The standard InChI is InChI=1S/C23H26FNO3/c24-18-7-4-16(5-8-18)14-25-12-11-23(26)10-2-1-3-19(23)22(25)17-6-9-20-21(13-17)28-15-27-20/h4-9,13,19,22,26H,1-3,10-12,14-15H2/t19-,22+,23+/m1/s1. The lowest BCUT2D eigenvalue weighted by Gasteiger charge is -2.52. The number of piperidine rings is 1. The number of ether oxygens (including phenoxy) is 2. The molecule has 5 rings (SSSR count). The van der Waals surface area contributed by atoms with Gasteiger partial charge in [-0.2, -0.15) is 0 Å². The van der Waals surface area contributed by atoms with Gasteiger partial charge in [-0.05, 0) is 54.7 Å². The van der Waals surface area contributed by atoms with E-state index in [1.807, 2.05) is 18.2 Å². The molecule has 1 saturated carbocycles. The molecule has 4 nitrogen and oxygen atoms in total. The smallest absolute Gasteiger partial charge is 0.231 e. The number of hydrogen-bond acceptors (Lipinski definition) is 4. The van der Waals surface area contributed by atoms with Crippen molar-refractivity contribution >= 4 is 0 Å². The van der Waals surface area contributed by atoms with E-state index in [9.17, 15) is 9.50 Å². The van der Waals surface area contributed by atoms with Gasteiger partial charge in [0.25, 0.3) is 0 Å². The molecule has 0 unspecified atom stereocenters. The van der Waals surface area contributed by atoms with Crippen LogP contribution >= 0.6 is 0 Å². The van der Waals surface area contributed by atoms with Crippen LogP contribution in [-0.4, -0.2) is 28.9 Å². The molecule has 0 bridgehead atoms. The Balaban J connectivity index is 1.50. The molecular formula is C23H26FNO3. The molecule has 148 valence electrons. The maximum Gasteiger partial charge on any atom is 0.231 e. The van der Waals surface area contributed by atoms with Crippen molar-refractivity contribution in [2.24, 2.45) is 5.92 Å². The lowest BCUT2D eigenvalue weighted by Crippen LogP contribution is -2.54. The summed E-state index contributed by atoms with van der Waals surface area (Å²) >= 11 is 0. The fourth-order valence-electron chi connectivity index (χ4n) is 5.28. The summed E-state index contributed by atoms with van der Waals surface area (Å²) in [5, 5.41) is 11.4. The Morgan fingerprint density at radius 3 is 2.71 bits per heavy atom. The van der Waals surface area contributed by atoms with Gasteiger partial charge in [0, 0.05) is 25.0 Å². The maximum absolute atomic E-state index is 13.3. The molecule has 1 saturated heterocycles. The fourth-order valence-corrected chi connectivity index (χ4v) is 5.28. The molecule has 0 amide bonds. The Morgan fingerprint density at radius 1 is 1.04 bits per heavy atom. The van der Waals surface area contributed by atoms with Crippen molar-refractivity contribution in [1.29, 1.82) is 0 Å². The van der Waals surface area contributed by atoms with Crippen LogP contribution < -0.4 is 9.47 Å². The number of nitrogens with zero attached hydrogens (tertiary/aromatic N) is 1. The molecule has 0 spiro atoms. The molecule has 3 aliphatic rings. The summed E-state index contributed by atoms with van der Waals surface area (Å²) in [6.45, 7) is 1.82. The third-order valence-electron chi connectivity index (χ3n) is 6.71. The van der Waals surface area contributed by atoms with Gasteiger partial charge in [-0.1, -0.05) is 31.0 Å². The van der Waals surface area contributed by atoms with E-state index in [2.05, 4.69) is 17.0 Å². The molecule has 5 heteroatoms. The summed E-state index contributed by atoms with van der Waals surface area (Å²) in [5.41, 5.74) is 1.66. The fraction of sp³-hybridized carbons (Fsp3) is 0.478. The Hall–Kier alpha value is -2.11. The van der Waals surface area contributed by atoms with Crippen molar-refractivity contribution in [3.8, 4) is 11.5 Å². The summed E-state index contributed by atoms with van der Waals surface area (Å²) in [4.78, 5) is 2.44. The van der Waals surface area contributed by atoms with E-state index >= 15 is 0 Å². The highest BCUT2D eigenvalue weighted by atomic mass is 19.1. The molecule has 2 aromatic carbocycles. The summed E-state index contributed by atoms with van der Waals surface area (Å²) < 4.78 is 24.4. The van der Waals surface area contributed by atoms with E-state index in [1.54, 1.807) is 0 Å². The summed E-state index contributed by atoms with van der Waals surface area (Å²) in [5.74, 6) is 1.54. The lowest BCUT2D eigenvalue weighted by molar-refractivity contribution is -0.126. The predicted octanol–water partition coefficient (Wildman–Crippen LogP) is 4.42. The Labute approximate surface area is 164 Å². The molecule has 0 radical (unpaired) electrons. The summed E-state index contributed by atoms with van der Waals surface area (Å²) in [7, 11) is 0. The SMILES string of the molecule is O[C@]12CCCC[C@@H]1[C@H](c1ccc3c(c1)OCO3)N(Cc1ccc(F)cc1)CC2. The van der Waals surface area contributed by atoms with Gasteiger partial charge in [-0.15, -0.1) is 0 Å². The van der Waals surface area contributed by atoms with E-state index in [0.29, 0.717) is 0 Å². The van der Waals surface area contributed by atoms with E-state index in [0.717, 1.165) is 67.8 Å². The minimum Gasteiger partial charge on any atom is -0.454 e. The Bertz CT molecular complexity index is 855. The highest BCUT2D eigenvalue weighted by Crippen LogP contribution is 2.50. The van der Waals surface area contributed by atoms with Crippen LogP contribution in [0, 0.1) is 11.7 Å². The molecule has 1 N–H and O–H groups in total. The topological polar surface area (TPSA) is 41.9 Å². The number of aliphatic hydroxyl groups is 1. The summed E-state index contributed by atoms with van der Waals surface area (Å²) in [6.07, 6.45) is 4.94. The average molecular weight is 383 g/mol. The highest BCUT2D eigenvalue weighted by molar-refractivity contribution is 5.45. The monoisotopic (exact) mass is 383 g/mol. The van der Waals surface area contributed by atoms with Crippen molar-refractivity contribution < 1.29 is 19.0 Å².